The standard InChI is InChI=1S/C39H38F6O2/c1-3-5-7-27-8-9-29(22-34(27)40)33-19-14-28(21-35(33)41)25-12-17-32(18-13-25)47-39(44,45)38-36(42)23-30(24-37(38)43)26-10-15-31(16-11-26)46-20-6-4-2/h3,8-9,12-14,17-19,21-24,26,31H,1,4-7,10-11,15-16,20H2,2H3. The van der Waals surface area contributed by atoms with E-state index in [4.69, 9.17) is 9.47 Å². The first-order valence-electron chi connectivity index (χ1n) is 16.1. The molecule has 8 heteroatoms. The van der Waals surface area contributed by atoms with Crippen molar-refractivity contribution in [2.75, 3.05) is 6.61 Å². The Morgan fingerprint density at radius 2 is 1.40 bits per heavy atom. The fourth-order valence-corrected chi connectivity index (χ4v) is 6.08. The molecule has 4 aromatic carbocycles. The Hall–Kier alpha value is -4.04. The molecule has 0 spiro atoms. The Kier molecular flexibility index (Phi) is 11.1. The summed E-state index contributed by atoms with van der Waals surface area (Å²) in [5, 5.41) is 0. The molecule has 4 aromatic rings. The van der Waals surface area contributed by atoms with Gasteiger partial charge in [0.15, 0.2) is 0 Å². The first-order valence-corrected chi connectivity index (χ1v) is 16.1. The largest absolute Gasteiger partial charge is 0.432 e. The van der Waals surface area contributed by atoms with E-state index in [1.807, 2.05) is 0 Å². The van der Waals surface area contributed by atoms with Gasteiger partial charge in [-0.2, -0.15) is 8.78 Å². The van der Waals surface area contributed by atoms with Crippen molar-refractivity contribution >= 4 is 0 Å². The second-order valence-corrected chi connectivity index (χ2v) is 12.0. The highest BCUT2D eigenvalue weighted by Gasteiger charge is 2.41. The minimum absolute atomic E-state index is 0.107. The summed E-state index contributed by atoms with van der Waals surface area (Å²) in [7, 11) is 0. The minimum atomic E-state index is -4.29. The quantitative estimate of drug-likeness (QED) is 0.0813. The summed E-state index contributed by atoms with van der Waals surface area (Å²) in [6, 6.07) is 16.2. The molecule has 248 valence electrons. The van der Waals surface area contributed by atoms with Crippen molar-refractivity contribution in [3.05, 3.63) is 125 Å². The second-order valence-electron chi connectivity index (χ2n) is 12.0. The van der Waals surface area contributed by atoms with Crippen LogP contribution in [0.25, 0.3) is 22.3 Å². The summed E-state index contributed by atoms with van der Waals surface area (Å²) in [5.41, 5.74) is 0.937. The molecular formula is C39H38F6O2. The van der Waals surface area contributed by atoms with Gasteiger partial charge in [-0.15, -0.1) is 6.58 Å². The first kappa shape index (κ1) is 34.3. The molecule has 0 radical (unpaired) electrons. The van der Waals surface area contributed by atoms with Gasteiger partial charge in [-0.3, -0.25) is 0 Å². The lowest BCUT2D eigenvalue weighted by atomic mass is 9.82. The molecule has 0 saturated heterocycles. The van der Waals surface area contributed by atoms with Gasteiger partial charge in [-0.25, -0.2) is 17.6 Å². The minimum Gasteiger partial charge on any atom is -0.429 e. The highest BCUT2D eigenvalue weighted by molar-refractivity contribution is 5.71. The van der Waals surface area contributed by atoms with Crippen molar-refractivity contribution in [1.29, 1.82) is 0 Å². The van der Waals surface area contributed by atoms with Crippen LogP contribution < -0.4 is 4.74 Å². The summed E-state index contributed by atoms with van der Waals surface area (Å²) in [4.78, 5) is 0. The highest BCUT2D eigenvalue weighted by atomic mass is 19.3. The Morgan fingerprint density at radius 3 is 2.02 bits per heavy atom. The molecule has 0 aromatic heterocycles. The molecule has 5 rings (SSSR count). The maximum Gasteiger partial charge on any atom is 0.432 e. The van der Waals surface area contributed by atoms with E-state index in [1.54, 1.807) is 24.3 Å². The van der Waals surface area contributed by atoms with Crippen LogP contribution in [-0.4, -0.2) is 12.7 Å². The van der Waals surface area contributed by atoms with Crippen LogP contribution in [0.5, 0.6) is 5.75 Å². The number of rotatable bonds is 13. The van der Waals surface area contributed by atoms with E-state index in [0.717, 1.165) is 37.8 Å². The lowest BCUT2D eigenvalue weighted by Gasteiger charge is -2.29. The van der Waals surface area contributed by atoms with Gasteiger partial charge in [0.05, 0.1) is 6.10 Å². The third kappa shape index (κ3) is 8.28. The molecule has 0 aliphatic heterocycles. The monoisotopic (exact) mass is 652 g/mol. The number of allylic oxidation sites excluding steroid dienone is 1. The van der Waals surface area contributed by atoms with E-state index >= 15 is 22.0 Å². The summed E-state index contributed by atoms with van der Waals surface area (Å²) < 4.78 is 101. The number of hydrogen-bond acceptors (Lipinski definition) is 2. The smallest absolute Gasteiger partial charge is 0.429 e. The van der Waals surface area contributed by atoms with Crippen LogP contribution in [0.2, 0.25) is 0 Å². The van der Waals surface area contributed by atoms with Crippen LogP contribution in [0.4, 0.5) is 26.3 Å². The van der Waals surface area contributed by atoms with Gasteiger partial charge in [0.2, 0.25) is 0 Å². The van der Waals surface area contributed by atoms with Gasteiger partial charge in [-0.1, -0.05) is 55.8 Å². The topological polar surface area (TPSA) is 18.5 Å². The predicted molar refractivity (Wildman–Crippen MR) is 172 cm³/mol. The van der Waals surface area contributed by atoms with Gasteiger partial charge in [0, 0.05) is 12.2 Å². The van der Waals surface area contributed by atoms with Gasteiger partial charge in [0.1, 0.15) is 34.6 Å². The molecule has 1 aliphatic carbocycles. The van der Waals surface area contributed by atoms with Crippen LogP contribution in [0.15, 0.2) is 85.5 Å². The average Bonchev–Trinajstić information content (AvgIpc) is 3.04. The summed E-state index contributed by atoms with van der Waals surface area (Å²) in [5.74, 6) is -4.23. The lowest BCUT2D eigenvalue weighted by Crippen LogP contribution is -2.26. The van der Waals surface area contributed by atoms with Crippen molar-refractivity contribution in [3.63, 3.8) is 0 Å². The molecular weight excluding hydrogens is 614 g/mol. The molecule has 0 atom stereocenters. The van der Waals surface area contributed by atoms with Gasteiger partial charge < -0.3 is 9.47 Å². The van der Waals surface area contributed by atoms with E-state index < -0.39 is 34.9 Å². The van der Waals surface area contributed by atoms with Crippen LogP contribution >= 0.6 is 0 Å². The molecule has 2 nitrogen and oxygen atoms in total. The Labute approximate surface area is 272 Å². The molecule has 0 N–H and O–H groups in total. The zero-order chi connectivity index (χ0) is 33.6. The average molecular weight is 653 g/mol. The summed E-state index contributed by atoms with van der Waals surface area (Å²) >= 11 is 0. The van der Waals surface area contributed by atoms with Crippen LogP contribution in [0.3, 0.4) is 0 Å². The van der Waals surface area contributed by atoms with Crippen molar-refractivity contribution < 1.29 is 35.8 Å². The summed E-state index contributed by atoms with van der Waals surface area (Å²) in [6.07, 6.45) is 3.45. The number of halogens is 6. The highest BCUT2D eigenvalue weighted by Crippen LogP contribution is 2.40. The van der Waals surface area contributed by atoms with Gasteiger partial charge >= 0.3 is 6.11 Å². The van der Waals surface area contributed by atoms with Crippen LogP contribution in [-0.2, 0) is 17.3 Å². The molecule has 1 fully saturated rings. The fourth-order valence-electron chi connectivity index (χ4n) is 6.08. The predicted octanol–water partition coefficient (Wildman–Crippen LogP) is 11.7. The Bertz CT molecular complexity index is 1650. The molecule has 1 aliphatic rings. The van der Waals surface area contributed by atoms with Crippen LogP contribution in [0.1, 0.15) is 74.5 Å². The molecule has 0 heterocycles. The van der Waals surface area contributed by atoms with Crippen molar-refractivity contribution in [2.24, 2.45) is 0 Å². The van der Waals surface area contributed by atoms with E-state index in [1.165, 1.54) is 42.5 Å². The maximum atomic E-state index is 15.1. The Balaban J connectivity index is 1.25. The van der Waals surface area contributed by atoms with Crippen molar-refractivity contribution in [2.45, 2.75) is 76.4 Å². The number of unbranched alkanes of at least 4 members (excludes halogenated alkanes) is 1. The molecule has 1 saturated carbocycles. The van der Waals surface area contributed by atoms with E-state index in [-0.39, 0.29) is 23.3 Å². The van der Waals surface area contributed by atoms with E-state index in [9.17, 15) is 4.39 Å². The zero-order valence-corrected chi connectivity index (χ0v) is 26.3. The molecule has 0 bridgehead atoms. The maximum absolute atomic E-state index is 15.1. The number of alkyl halides is 2. The first-order chi connectivity index (χ1) is 22.6. The normalized spacial score (nSPS) is 16.7. The molecule has 0 unspecified atom stereocenters. The lowest BCUT2D eigenvalue weighted by molar-refractivity contribution is -0.189. The number of benzene rings is 4. The van der Waals surface area contributed by atoms with E-state index in [0.29, 0.717) is 60.1 Å². The number of ether oxygens (including phenoxy) is 2. The van der Waals surface area contributed by atoms with Crippen LogP contribution in [0, 0.1) is 23.3 Å². The molecule has 47 heavy (non-hydrogen) atoms. The number of aryl methyl sites for hydroxylation is 1. The van der Waals surface area contributed by atoms with Gasteiger partial charge in [-0.05, 0) is 115 Å². The van der Waals surface area contributed by atoms with Crippen molar-refractivity contribution in [3.8, 4) is 28.0 Å². The van der Waals surface area contributed by atoms with Gasteiger partial charge in [0.25, 0.3) is 0 Å². The summed E-state index contributed by atoms with van der Waals surface area (Å²) in [6.45, 7) is 6.40. The third-order valence-electron chi connectivity index (χ3n) is 8.74. The van der Waals surface area contributed by atoms with Crippen molar-refractivity contribution in [1.82, 2.24) is 0 Å². The number of hydrogen-bond donors (Lipinski definition) is 0. The zero-order valence-electron chi connectivity index (χ0n) is 26.3. The second kappa shape index (κ2) is 15.2. The van der Waals surface area contributed by atoms with E-state index in [2.05, 4.69) is 13.5 Å². The Morgan fingerprint density at radius 1 is 0.766 bits per heavy atom. The fraction of sp³-hybridized carbons (Fsp3) is 0.333. The third-order valence-corrected chi connectivity index (χ3v) is 8.74. The SMILES string of the molecule is C=CCCc1ccc(-c2ccc(-c3ccc(OC(F)(F)c4c(F)cc(C5CCC(OCCCC)CC5)cc4F)cc3)cc2F)cc1F. The molecule has 0 amide bonds.